The molecule has 0 saturated carbocycles. The van der Waals surface area contributed by atoms with Crippen LogP contribution in [0.4, 0.5) is 0 Å². The summed E-state index contributed by atoms with van der Waals surface area (Å²) in [6.45, 7) is 1.90. The number of oxazole rings is 1. The number of amides is 1. The fourth-order valence-corrected chi connectivity index (χ4v) is 4.85. The maximum Gasteiger partial charge on any atom is 0.238 e. The van der Waals surface area contributed by atoms with Gasteiger partial charge in [0.25, 0.3) is 0 Å². The largest absolute Gasteiger partial charge is 0.438 e. The van der Waals surface area contributed by atoms with Crippen LogP contribution >= 0.6 is 0 Å². The average molecular weight is 446 g/mol. The number of aliphatic hydroxyl groups is 1. The van der Waals surface area contributed by atoms with E-state index in [1.54, 1.807) is 54.6 Å². The predicted octanol–water partition coefficient (Wildman–Crippen LogP) is 2.09. The van der Waals surface area contributed by atoms with E-state index < -0.39 is 39.7 Å². The van der Waals surface area contributed by atoms with E-state index in [9.17, 15) is 18.3 Å². The van der Waals surface area contributed by atoms with Crippen molar-refractivity contribution in [2.45, 2.75) is 43.7 Å². The highest BCUT2D eigenvalue weighted by molar-refractivity contribution is 7.90. The molecule has 1 amide bonds. The van der Waals surface area contributed by atoms with Crippen LogP contribution in [0.1, 0.15) is 37.3 Å². The van der Waals surface area contributed by atoms with E-state index >= 15 is 0 Å². The van der Waals surface area contributed by atoms with Crippen LogP contribution in [0.3, 0.4) is 0 Å². The second-order valence-corrected chi connectivity index (χ2v) is 9.62. The third kappa shape index (κ3) is 6.13. The van der Waals surface area contributed by atoms with Gasteiger partial charge in [-0.25, -0.2) is 13.4 Å². The molecule has 0 fully saturated rings. The lowest BCUT2D eigenvalue weighted by Gasteiger charge is -2.23. The summed E-state index contributed by atoms with van der Waals surface area (Å²) in [4.78, 5) is 16.9. The standard InChI is InChI=1S/C22H27N3O5S/c1-2-8-18(20(26)22-25-17-11-6-7-12-19(17)30-22)24-21(27)16(23)14-31(28,29)13-15-9-4-3-5-10-15/h3-7,9-12,16,18,20,26H,2,8,13-14,23H2,1H3,(H,24,27). The molecule has 0 radical (unpaired) electrons. The fourth-order valence-electron chi connectivity index (χ4n) is 3.33. The van der Waals surface area contributed by atoms with Crippen LogP contribution in [0, 0.1) is 0 Å². The monoisotopic (exact) mass is 445 g/mol. The zero-order chi connectivity index (χ0) is 22.4. The Labute approximate surface area is 181 Å². The van der Waals surface area contributed by atoms with Gasteiger partial charge in [-0.05, 0) is 24.1 Å². The van der Waals surface area contributed by atoms with Crippen LogP contribution in [0.2, 0.25) is 0 Å². The number of rotatable bonds is 10. The third-order valence-electron chi connectivity index (χ3n) is 4.87. The number of carbonyl (C=O) groups is 1. The summed E-state index contributed by atoms with van der Waals surface area (Å²) >= 11 is 0. The van der Waals surface area contributed by atoms with Gasteiger partial charge < -0.3 is 20.6 Å². The molecule has 3 atom stereocenters. The van der Waals surface area contributed by atoms with Gasteiger partial charge in [0.05, 0.1) is 23.6 Å². The average Bonchev–Trinajstić information content (AvgIpc) is 3.17. The highest BCUT2D eigenvalue weighted by Gasteiger charge is 2.30. The van der Waals surface area contributed by atoms with Crippen molar-refractivity contribution in [1.82, 2.24) is 10.3 Å². The molecule has 0 saturated heterocycles. The molecule has 4 N–H and O–H groups in total. The molecule has 9 heteroatoms. The molecule has 1 aromatic heterocycles. The van der Waals surface area contributed by atoms with Gasteiger partial charge in [0.15, 0.2) is 21.5 Å². The van der Waals surface area contributed by atoms with Crippen LogP contribution in [-0.2, 0) is 20.4 Å². The second-order valence-electron chi connectivity index (χ2n) is 7.52. The first-order valence-electron chi connectivity index (χ1n) is 10.1. The minimum Gasteiger partial charge on any atom is -0.438 e. The highest BCUT2D eigenvalue weighted by atomic mass is 32.2. The van der Waals surface area contributed by atoms with E-state index in [0.717, 1.165) is 0 Å². The summed E-state index contributed by atoms with van der Waals surface area (Å²) in [5.41, 5.74) is 7.65. The first-order valence-corrected chi connectivity index (χ1v) is 11.9. The number of para-hydroxylation sites is 2. The Hall–Kier alpha value is -2.75. The summed E-state index contributed by atoms with van der Waals surface area (Å²) in [5.74, 6) is -1.25. The maximum atomic E-state index is 12.6. The second kappa shape index (κ2) is 10.0. The van der Waals surface area contributed by atoms with E-state index in [1.807, 2.05) is 6.92 Å². The number of hydrogen-bond acceptors (Lipinski definition) is 7. The molecule has 0 aliphatic heterocycles. The Morgan fingerprint density at radius 1 is 1.16 bits per heavy atom. The quantitative estimate of drug-likeness (QED) is 0.435. The lowest BCUT2D eigenvalue weighted by Crippen LogP contribution is -2.50. The summed E-state index contributed by atoms with van der Waals surface area (Å²) in [6, 6.07) is 13.8. The number of hydrogen-bond donors (Lipinski definition) is 3. The van der Waals surface area contributed by atoms with Crippen LogP contribution in [0.25, 0.3) is 11.1 Å². The van der Waals surface area contributed by atoms with E-state index in [1.165, 1.54) is 0 Å². The number of benzene rings is 2. The number of nitrogens with zero attached hydrogens (tertiary/aromatic N) is 1. The van der Waals surface area contributed by atoms with E-state index in [4.69, 9.17) is 10.2 Å². The van der Waals surface area contributed by atoms with Gasteiger partial charge in [0.1, 0.15) is 5.52 Å². The number of carbonyl (C=O) groups excluding carboxylic acids is 1. The molecular formula is C22H27N3O5S. The lowest BCUT2D eigenvalue weighted by atomic mass is 10.1. The number of aromatic nitrogens is 1. The number of fused-ring (bicyclic) bond motifs is 1. The molecule has 0 aliphatic rings. The summed E-state index contributed by atoms with van der Waals surface area (Å²) in [5, 5.41) is 13.4. The Bertz CT molecular complexity index is 1080. The van der Waals surface area contributed by atoms with Crippen LogP contribution in [0.15, 0.2) is 59.0 Å². The Morgan fingerprint density at radius 2 is 1.84 bits per heavy atom. The minimum absolute atomic E-state index is 0.0882. The first kappa shape index (κ1) is 22.9. The van der Waals surface area contributed by atoms with Gasteiger partial charge >= 0.3 is 0 Å². The number of sulfone groups is 1. The van der Waals surface area contributed by atoms with Gasteiger partial charge in [-0.3, -0.25) is 4.79 Å². The van der Waals surface area contributed by atoms with Crippen molar-refractivity contribution in [1.29, 1.82) is 0 Å². The predicted molar refractivity (Wildman–Crippen MR) is 118 cm³/mol. The lowest BCUT2D eigenvalue weighted by molar-refractivity contribution is -0.123. The summed E-state index contributed by atoms with van der Waals surface area (Å²) in [6.07, 6.45) is -0.0803. The van der Waals surface area contributed by atoms with Crippen LogP contribution in [0.5, 0.6) is 0 Å². The topological polar surface area (TPSA) is 136 Å². The van der Waals surface area contributed by atoms with Crippen LogP contribution < -0.4 is 11.1 Å². The molecule has 3 rings (SSSR count). The van der Waals surface area contributed by atoms with E-state index in [-0.39, 0.29) is 11.6 Å². The van der Waals surface area contributed by atoms with Gasteiger partial charge in [-0.15, -0.1) is 0 Å². The van der Waals surface area contributed by atoms with Crippen molar-refractivity contribution in [3.63, 3.8) is 0 Å². The molecule has 2 aromatic carbocycles. The van der Waals surface area contributed by atoms with Crippen molar-refractivity contribution >= 4 is 26.8 Å². The smallest absolute Gasteiger partial charge is 0.238 e. The first-order chi connectivity index (χ1) is 14.8. The normalized spacial score (nSPS) is 14.8. The zero-order valence-corrected chi connectivity index (χ0v) is 18.1. The van der Waals surface area contributed by atoms with Gasteiger partial charge in [-0.1, -0.05) is 55.8 Å². The molecule has 166 valence electrons. The third-order valence-corrected chi connectivity index (χ3v) is 6.51. The molecule has 0 bridgehead atoms. The number of aliphatic hydroxyl groups excluding tert-OH is 1. The molecule has 8 nitrogen and oxygen atoms in total. The van der Waals surface area contributed by atoms with Crippen molar-refractivity contribution < 1.29 is 22.7 Å². The van der Waals surface area contributed by atoms with Gasteiger partial charge in [0.2, 0.25) is 11.8 Å². The molecule has 31 heavy (non-hydrogen) atoms. The molecule has 3 aromatic rings. The van der Waals surface area contributed by atoms with E-state index in [0.29, 0.717) is 29.5 Å². The SMILES string of the molecule is CCCC(NC(=O)C(N)CS(=O)(=O)Cc1ccccc1)C(O)c1nc2ccccc2o1. The van der Waals surface area contributed by atoms with Crippen LogP contribution in [-0.4, -0.2) is 42.3 Å². The summed E-state index contributed by atoms with van der Waals surface area (Å²) in [7, 11) is -3.60. The van der Waals surface area contributed by atoms with E-state index in [2.05, 4.69) is 10.3 Å². The molecule has 3 unspecified atom stereocenters. The molecule has 0 spiro atoms. The zero-order valence-electron chi connectivity index (χ0n) is 17.3. The van der Waals surface area contributed by atoms with Crippen molar-refractivity contribution in [3.8, 4) is 0 Å². The van der Waals surface area contributed by atoms with Crippen molar-refractivity contribution in [2.75, 3.05) is 5.75 Å². The summed E-state index contributed by atoms with van der Waals surface area (Å²) < 4.78 is 30.5. The molecule has 0 aliphatic carbocycles. The van der Waals surface area contributed by atoms with Gasteiger partial charge in [-0.2, -0.15) is 0 Å². The number of nitrogens with one attached hydrogen (secondary N) is 1. The Morgan fingerprint density at radius 3 is 2.52 bits per heavy atom. The Kier molecular flexibility index (Phi) is 7.42. The van der Waals surface area contributed by atoms with Crippen molar-refractivity contribution in [3.05, 3.63) is 66.1 Å². The Balaban J connectivity index is 1.66. The maximum absolute atomic E-state index is 12.6. The number of nitrogens with two attached hydrogens (primary N) is 1. The minimum atomic E-state index is -3.60. The van der Waals surface area contributed by atoms with Gasteiger partial charge in [0, 0.05) is 0 Å². The molecule has 1 heterocycles. The van der Waals surface area contributed by atoms with Crippen molar-refractivity contribution in [2.24, 2.45) is 5.73 Å². The molecular weight excluding hydrogens is 418 g/mol. The fraction of sp³-hybridized carbons (Fsp3) is 0.364. The highest BCUT2D eigenvalue weighted by Crippen LogP contribution is 2.24.